The van der Waals surface area contributed by atoms with Crippen LogP contribution in [0.2, 0.25) is 0 Å². The van der Waals surface area contributed by atoms with E-state index in [1.807, 2.05) is 11.0 Å². The summed E-state index contributed by atoms with van der Waals surface area (Å²) in [4.78, 5) is 36.4. The summed E-state index contributed by atoms with van der Waals surface area (Å²) in [6, 6.07) is 10.4. The monoisotopic (exact) mass is 399 g/mol. The molecule has 1 atom stereocenters. The van der Waals surface area contributed by atoms with E-state index >= 15 is 0 Å². The van der Waals surface area contributed by atoms with Gasteiger partial charge < -0.3 is 4.90 Å². The van der Waals surface area contributed by atoms with E-state index in [2.05, 4.69) is 34.2 Å². The third kappa shape index (κ3) is 3.49. The van der Waals surface area contributed by atoms with Crippen LogP contribution in [0.4, 0.5) is 0 Å². The summed E-state index contributed by atoms with van der Waals surface area (Å²) in [5.41, 5.74) is 4.34. The Morgan fingerprint density at radius 2 is 1.93 bits per heavy atom. The van der Waals surface area contributed by atoms with Crippen LogP contribution in [0.5, 0.6) is 0 Å². The first-order chi connectivity index (χ1) is 14.7. The number of benzene rings is 2. The molecule has 2 aliphatic rings. The number of ketones is 1. The number of piperidine rings is 1. The Morgan fingerprint density at radius 3 is 2.77 bits per heavy atom. The van der Waals surface area contributed by atoms with Gasteiger partial charge in [0.05, 0.1) is 5.69 Å². The van der Waals surface area contributed by atoms with E-state index in [0.29, 0.717) is 19.4 Å². The van der Waals surface area contributed by atoms with Gasteiger partial charge in [0.2, 0.25) is 5.91 Å². The maximum Gasteiger partial charge on any atom is 0.222 e. The molecule has 3 aromatic rings. The Morgan fingerprint density at radius 1 is 1.07 bits per heavy atom. The fraction of sp³-hybridized carbons (Fsp3) is 0.360. The van der Waals surface area contributed by atoms with E-state index in [4.69, 9.17) is 0 Å². The second-order valence-electron chi connectivity index (χ2n) is 8.35. The van der Waals surface area contributed by atoms with Gasteiger partial charge in [0.1, 0.15) is 0 Å². The van der Waals surface area contributed by atoms with Crippen LogP contribution in [0.3, 0.4) is 0 Å². The molecule has 152 valence electrons. The van der Waals surface area contributed by atoms with Crippen molar-refractivity contribution in [1.29, 1.82) is 0 Å². The predicted octanol–water partition coefficient (Wildman–Crippen LogP) is 3.78. The van der Waals surface area contributed by atoms with E-state index < -0.39 is 0 Å². The fourth-order valence-corrected chi connectivity index (χ4v) is 4.95. The molecule has 2 aromatic carbocycles. The van der Waals surface area contributed by atoms with Gasteiger partial charge in [0, 0.05) is 49.6 Å². The molecular formula is C25H25N3O2. The van der Waals surface area contributed by atoms with Crippen molar-refractivity contribution < 1.29 is 9.59 Å². The molecule has 0 unspecified atom stereocenters. The molecule has 1 saturated heterocycles. The minimum absolute atomic E-state index is 0.0959. The molecule has 1 amide bonds. The van der Waals surface area contributed by atoms with Gasteiger partial charge in [0.15, 0.2) is 5.78 Å². The van der Waals surface area contributed by atoms with Crippen LogP contribution >= 0.6 is 0 Å². The molecule has 5 rings (SSSR count). The number of likely N-dealkylation sites (tertiary alicyclic amines) is 1. The van der Waals surface area contributed by atoms with Crippen LogP contribution in [0.25, 0.3) is 10.8 Å². The molecular weight excluding hydrogens is 374 g/mol. The van der Waals surface area contributed by atoms with Gasteiger partial charge in [-0.2, -0.15) is 0 Å². The highest BCUT2D eigenvalue weighted by molar-refractivity contribution is 6.11. The Bertz CT molecular complexity index is 1100. The second kappa shape index (κ2) is 7.98. The van der Waals surface area contributed by atoms with Gasteiger partial charge in [-0.15, -0.1) is 0 Å². The van der Waals surface area contributed by atoms with Crippen LogP contribution in [0, 0.1) is 5.92 Å². The quantitative estimate of drug-likeness (QED) is 0.613. The lowest BCUT2D eigenvalue weighted by Gasteiger charge is -2.32. The first-order valence-electron chi connectivity index (χ1n) is 10.8. The molecule has 5 nitrogen and oxygen atoms in total. The van der Waals surface area contributed by atoms with Crippen molar-refractivity contribution in [2.75, 3.05) is 13.1 Å². The van der Waals surface area contributed by atoms with Gasteiger partial charge in [0.25, 0.3) is 0 Å². The lowest BCUT2D eigenvalue weighted by atomic mass is 9.87. The van der Waals surface area contributed by atoms with Gasteiger partial charge in [-0.25, -0.2) is 0 Å². The second-order valence-corrected chi connectivity index (χ2v) is 8.35. The number of nitrogens with zero attached hydrogens (tertiary/aromatic N) is 3. The van der Waals surface area contributed by atoms with Crippen molar-refractivity contribution in [2.24, 2.45) is 5.92 Å². The van der Waals surface area contributed by atoms with E-state index in [0.717, 1.165) is 48.9 Å². The summed E-state index contributed by atoms with van der Waals surface area (Å²) in [5, 5.41) is 2.36. The molecule has 1 fully saturated rings. The number of hydrogen-bond donors (Lipinski definition) is 0. The highest BCUT2D eigenvalue weighted by Crippen LogP contribution is 2.34. The van der Waals surface area contributed by atoms with Crippen molar-refractivity contribution >= 4 is 22.5 Å². The highest BCUT2D eigenvalue weighted by Gasteiger charge is 2.30. The molecule has 5 heteroatoms. The molecule has 0 spiro atoms. The van der Waals surface area contributed by atoms with Crippen LogP contribution in [0.15, 0.2) is 48.9 Å². The van der Waals surface area contributed by atoms with E-state index in [1.165, 1.54) is 16.5 Å². The normalized spacial score (nSPS) is 18.0. The minimum Gasteiger partial charge on any atom is -0.342 e. The summed E-state index contributed by atoms with van der Waals surface area (Å²) >= 11 is 0. The van der Waals surface area contributed by atoms with Crippen molar-refractivity contribution in [3.63, 3.8) is 0 Å². The minimum atomic E-state index is -0.127. The molecule has 0 N–H and O–H groups in total. The van der Waals surface area contributed by atoms with Crippen LogP contribution in [-0.4, -0.2) is 39.6 Å². The maximum absolute atomic E-state index is 13.4. The van der Waals surface area contributed by atoms with E-state index in [1.54, 1.807) is 18.6 Å². The molecule has 30 heavy (non-hydrogen) atoms. The molecule has 0 saturated carbocycles. The third-order valence-corrected chi connectivity index (χ3v) is 6.50. The number of aromatic nitrogens is 2. The summed E-state index contributed by atoms with van der Waals surface area (Å²) in [6.45, 7) is 1.24. The first kappa shape index (κ1) is 18.9. The summed E-state index contributed by atoms with van der Waals surface area (Å²) in [7, 11) is 0. The largest absolute Gasteiger partial charge is 0.342 e. The van der Waals surface area contributed by atoms with Crippen LogP contribution in [-0.2, 0) is 24.1 Å². The zero-order chi connectivity index (χ0) is 20.5. The van der Waals surface area contributed by atoms with Gasteiger partial charge >= 0.3 is 0 Å². The van der Waals surface area contributed by atoms with Crippen molar-refractivity contribution in [2.45, 2.75) is 38.5 Å². The van der Waals surface area contributed by atoms with Gasteiger partial charge in [-0.1, -0.05) is 30.3 Å². The SMILES string of the molecule is O=C(c1ccc2c3c(cccc13)CC2)[C@H]1CCCN(C(=O)CCc2cnccn2)C1. The lowest BCUT2D eigenvalue weighted by molar-refractivity contribution is -0.132. The average Bonchev–Trinajstić information content (AvgIpc) is 3.23. The molecule has 2 heterocycles. The zero-order valence-corrected chi connectivity index (χ0v) is 17.0. The Labute approximate surface area is 176 Å². The molecule has 1 aliphatic carbocycles. The number of aryl methyl sites for hydroxylation is 3. The lowest BCUT2D eigenvalue weighted by Crippen LogP contribution is -2.42. The number of hydrogen-bond acceptors (Lipinski definition) is 4. The average molecular weight is 399 g/mol. The molecule has 1 aliphatic heterocycles. The van der Waals surface area contributed by atoms with E-state index in [9.17, 15) is 9.59 Å². The standard InChI is InChI=1S/C25H25N3O2/c29-23(11-9-20-15-26-12-13-27-20)28-14-2-4-19(16-28)25(30)22-10-8-18-7-6-17-3-1-5-21(22)24(17)18/h1,3,5,8,10,12-13,15,19H,2,4,6-7,9,11,14,16H2/t19-/m0/s1. The third-order valence-electron chi connectivity index (χ3n) is 6.50. The number of carbonyl (C=O) groups is 2. The topological polar surface area (TPSA) is 63.2 Å². The van der Waals surface area contributed by atoms with E-state index in [-0.39, 0.29) is 17.6 Å². The number of Topliss-reactive ketones (excluding diaryl/α,β-unsaturated/α-hetero) is 1. The summed E-state index contributed by atoms with van der Waals surface area (Å²) in [6.07, 6.45) is 9.79. The molecule has 0 radical (unpaired) electrons. The highest BCUT2D eigenvalue weighted by atomic mass is 16.2. The predicted molar refractivity (Wildman–Crippen MR) is 115 cm³/mol. The maximum atomic E-state index is 13.4. The molecule has 1 aromatic heterocycles. The van der Waals surface area contributed by atoms with Crippen LogP contribution < -0.4 is 0 Å². The molecule has 0 bridgehead atoms. The van der Waals surface area contributed by atoms with Gasteiger partial charge in [-0.05, 0) is 54.0 Å². The number of carbonyl (C=O) groups excluding carboxylic acids is 2. The zero-order valence-electron chi connectivity index (χ0n) is 17.0. The smallest absolute Gasteiger partial charge is 0.222 e. The summed E-state index contributed by atoms with van der Waals surface area (Å²) < 4.78 is 0. The number of amides is 1. The number of rotatable bonds is 5. The van der Waals surface area contributed by atoms with Gasteiger partial charge in [-0.3, -0.25) is 19.6 Å². The van der Waals surface area contributed by atoms with Crippen molar-refractivity contribution in [3.8, 4) is 0 Å². The Hall–Kier alpha value is -3.08. The Kier molecular flexibility index (Phi) is 5.03. The van der Waals surface area contributed by atoms with Crippen molar-refractivity contribution in [1.82, 2.24) is 14.9 Å². The first-order valence-corrected chi connectivity index (χ1v) is 10.8. The summed E-state index contributed by atoms with van der Waals surface area (Å²) in [5.74, 6) is 0.147. The van der Waals surface area contributed by atoms with Crippen LogP contribution in [0.1, 0.15) is 46.4 Å². The fourth-order valence-electron chi connectivity index (χ4n) is 4.95. The van der Waals surface area contributed by atoms with Crippen molar-refractivity contribution in [3.05, 3.63) is 71.3 Å². The Balaban J connectivity index is 1.31.